The van der Waals surface area contributed by atoms with E-state index in [-0.39, 0.29) is 0 Å². The summed E-state index contributed by atoms with van der Waals surface area (Å²) >= 11 is 1.73. The zero-order chi connectivity index (χ0) is 11.0. The lowest BCUT2D eigenvalue weighted by atomic mass is 10.3. The number of aryl methyl sites for hydroxylation is 1. The average Bonchev–Trinajstić information content (AvgIpc) is 2.97. The van der Waals surface area contributed by atoms with Crippen molar-refractivity contribution in [1.29, 1.82) is 0 Å². The van der Waals surface area contributed by atoms with Gasteiger partial charge in [0.1, 0.15) is 0 Å². The van der Waals surface area contributed by atoms with E-state index in [2.05, 4.69) is 25.0 Å². The monoisotopic (exact) mass is 234 g/mol. The van der Waals surface area contributed by atoms with Crippen LogP contribution in [0.2, 0.25) is 0 Å². The van der Waals surface area contributed by atoms with E-state index in [1.165, 1.54) is 0 Å². The summed E-state index contributed by atoms with van der Waals surface area (Å²) in [4.78, 5) is 6.87. The van der Waals surface area contributed by atoms with Crippen LogP contribution >= 0.6 is 11.3 Å². The van der Waals surface area contributed by atoms with Gasteiger partial charge in [-0.25, -0.2) is 4.98 Å². The summed E-state index contributed by atoms with van der Waals surface area (Å²) in [6.07, 6.45) is 5.04. The summed E-state index contributed by atoms with van der Waals surface area (Å²) in [6.45, 7) is 4.15. The van der Waals surface area contributed by atoms with Crippen LogP contribution in [0.3, 0.4) is 0 Å². The Hall–Kier alpha value is -1.36. The number of hydrogen-bond donors (Lipinski definition) is 0. The molecule has 0 spiro atoms. The maximum Gasteiger partial charge on any atom is 0.185 e. The highest BCUT2D eigenvalue weighted by molar-refractivity contribution is 7.13. The molecule has 3 heterocycles. The molecule has 2 aromatic rings. The third-order valence-corrected chi connectivity index (χ3v) is 3.96. The standard InChI is InChI=1S/C11H14N4S/c1-9-8-16-11(13-9)14-6-3-10(7-14)15-5-2-4-12-15/h2,4-5,8,10H,3,6-7H2,1H3. The molecule has 0 saturated carbocycles. The zero-order valence-corrected chi connectivity index (χ0v) is 10.0. The number of thiazole rings is 1. The van der Waals surface area contributed by atoms with Crippen LogP contribution < -0.4 is 4.90 Å². The molecule has 2 aromatic heterocycles. The van der Waals surface area contributed by atoms with E-state index in [1.807, 2.05) is 25.4 Å². The molecular formula is C11H14N4S. The molecule has 0 radical (unpaired) electrons. The van der Waals surface area contributed by atoms with Crippen LogP contribution in [0.15, 0.2) is 23.8 Å². The fourth-order valence-corrected chi connectivity index (χ4v) is 2.96. The number of hydrogen-bond acceptors (Lipinski definition) is 4. The van der Waals surface area contributed by atoms with E-state index < -0.39 is 0 Å². The molecule has 1 fully saturated rings. The van der Waals surface area contributed by atoms with E-state index in [0.29, 0.717) is 6.04 Å². The lowest BCUT2D eigenvalue weighted by molar-refractivity contribution is 0.495. The SMILES string of the molecule is Cc1csc(N2CCC(n3cccn3)C2)n1. The van der Waals surface area contributed by atoms with Gasteiger partial charge in [-0.3, -0.25) is 4.68 Å². The number of aromatic nitrogens is 3. The number of anilines is 1. The fraction of sp³-hybridized carbons (Fsp3) is 0.455. The molecule has 3 rings (SSSR count). The quantitative estimate of drug-likeness (QED) is 0.798. The Morgan fingerprint density at radius 1 is 1.50 bits per heavy atom. The fourth-order valence-electron chi connectivity index (χ4n) is 2.11. The van der Waals surface area contributed by atoms with Gasteiger partial charge in [-0.05, 0) is 19.4 Å². The lowest BCUT2D eigenvalue weighted by Gasteiger charge is -2.14. The van der Waals surface area contributed by atoms with E-state index >= 15 is 0 Å². The molecule has 84 valence electrons. The van der Waals surface area contributed by atoms with Gasteiger partial charge in [0.05, 0.1) is 11.7 Å². The second kappa shape index (κ2) is 3.90. The van der Waals surface area contributed by atoms with Crippen molar-refractivity contribution in [2.24, 2.45) is 0 Å². The Kier molecular flexibility index (Phi) is 2.40. The summed E-state index contributed by atoms with van der Waals surface area (Å²) in [5, 5.41) is 7.56. The van der Waals surface area contributed by atoms with Crippen molar-refractivity contribution >= 4 is 16.5 Å². The molecule has 16 heavy (non-hydrogen) atoms. The molecule has 5 heteroatoms. The summed E-state index contributed by atoms with van der Waals surface area (Å²) in [7, 11) is 0. The van der Waals surface area contributed by atoms with Crippen LogP contribution in [-0.4, -0.2) is 27.9 Å². The van der Waals surface area contributed by atoms with Gasteiger partial charge in [0.25, 0.3) is 0 Å². The van der Waals surface area contributed by atoms with Crippen molar-refractivity contribution in [2.45, 2.75) is 19.4 Å². The first-order chi connectivity index (χ1) is 7.83. The second-order valence-electron chi connectivity index (χ2n) is 4.15. The molecule has 1 unspecified atom stereocenters. The summed E-state index contributed by atoms with van der Waals surface area (Å²) in [5.74, 6) is 0. The molecule has 0 bridgehead atoms. The zero-order valence-electron chi connectivity index (χ0n) is 9.21. The van der Waals surface area contributed by atoms with Gasteiger partial charge < -0.3 is 4.90 Å². The lowest BCUT2D eigenvalue weighted by Crippen LogP contribution is -2.20. The molecule has 1 saturated heterocycles. The Morgan fingerprint density at radius 3 is 3.12 bits per heavy atom. The van der Waals surface area contributed by atoms with Crippen molar-refractivity contribution in [3.05, 3.63) is 29.5 Å². The van der Waals surface area contributed by atoms with Gasteiger partial charge in [-0.2, -0.15) is 5.10 Å². The first-order valence-electron chi connectivity index (χ1n) is 5.49. The number of nitrogens with zero attached hydrogens (tertiary/aromatic N) is 4. The highest BCUT2D eigenvalue weighted by atomic mass is 32.1. The molecule has 1 aliphatic rings. The van der Waals surface area contributed by atoms with E-state index in [0.717, 1.165) is 30.3 Å². The largest absolute Gasteiger partial charge is 0.346 e. The summed E-state index contributed by atoms with van der Waals surface area (Å²) in [6, 6.07) is 2.48. The minimum Gasteiger partial charge on any atom is -0.346 e. The molecule has 4 nitrogen and oxygen atoms in total. The van der Waals surface area contributed by atoms with Crippen LogP contribution in [0.25, 0.3) is 0 Å². The Balaban J connectivity index is 1.74. The smallest absolute Gasteiger partial charge is 0.185 e. The third-order valence-electron chi connectivity index (χ3n) is 2.94. The molecule has 0 N–H and O–H groups in total. The second-order valence-corrected chi connectivity index (χ2v) is 4.98. The predicted octanol–water partition coefficient (Wildman–Crippen LogP) is 2.10. The first kappa shape index (κ1) is 9.84. The molecule has 0 aliphatic carbocycles. The van der Waals surface area contributed by atoms with Crippen LogP contribution in [0.5, 0.6) is 0 Å². The molecule has 0 aromatic carbocycles. The van der Waals surface area contributed by atoms with E-state index in [1.54, 1.807) is 11.3 Å². The van der Waals surface area contributed by atoms with Gasteiger partial charge in [-0.1, -0.05) is 0 Å². The van der Waals surface area contributed by atoms with E-state index in [9.17, 15) is 0 Å². The Morgan fingerprint density at radius 2 is 2.44 bits per heavy atom. The van der Waals surface area contributed by atoms with Gasteiger partial charge in [0, 0.05) is 30.9 Å². The summed E-state index contributed by atoms with van der Waals surface area (Å²) in [5.41, 5.74) is 1.11. The van der Waals surface area contributed by atoms with Crippen LogP contribution in [0.1, 0.15) is 18.2 Å². The Bertz CT molecular complexity index is 462. The van der Waals surface area contributed by atoms with Crippen LogP contribution in [-0.2, 0) is 0 Å². The van der Waals surface area contributed by atoms with Crippen molar-refractivity contribution < 1.29 is 0 Å². The van der Waals surface area contributed by atoms with Gasteiger partial charge in [0.2, 0.25) is 0 Å². The minimum absolute atomic E-state index is 0.499. The highest BCUT2D eigenvalue weighted by Crippen LogP contribution is 2.28. The van der Waals surface area contributed by atoms with Gasteiger partial charge >= 0.3 is 0 Å². The predicted molar refractivity (Wildman–Crippen MR) is 64.9 cm³/mol. The van der Waals surface area contributed by atoms with Crippen molar-refractivity contribution in [2.75, 3.05) is 18.0 Å². The van der Waals surface area contributed by atoms with Gasteiger partial charge in [-0.15, -0.1) is 11.3 Å². The minimum atomic E-state index is 0.499. The highest BCUT2D eigenvalue weighted by Gasteiger charge is 2.25. The summed E-state index contributed by atoms with van der Waals surface area (Å²) < 4.78 is 2.06. The average molecular weight is 234 g/mol. The van der Waals surface area contributed by atoms with Crippen molar-refractivity contribution in [3.63, 3.8) is 0 Å². The van der Waals surface area contributed by atoms with E-state index in [4.69, 9.17) is 0 Å². The molecular weight excluding hydrogens is 220 g/mol. The first-order valence-corrected chi connectivity index (χ1v) is 6.37. The maximum absolute atomic E-state index is 4.52. The number of rotatable bonds is 2. The molecule has 1 aliphatic heterocycles. The topological polar surface area (TPSA) is 34.0 Å². The van der Waals surface area contributed by atoms with Crippen LogP contribution in [0.4, 0.5) is 5.13 Å². The normalized spacial score (nSPS) is 20.6. The third kappa shape index (κ3) is 1.71. The Labute approximate surface area is 98.5 Å². The van der Waals surface area contributed by atoms with Gasteiger partial charge in [0.15, 0.2) is 5.13 Å². The van der Waals surface area contributed by atoms with Crippen molar-refractivity contribution in [3.8, 4) is 0 Å². The molecule has 1 atom stereocenters. The van der Waals surface area contributed by atoms with Crippen LogP contribution in [0, 0.1) is 6.92 Å². The molecule has 0 amide bonds. The maximum atomic E-state index is 4.52. The van der Waals surface area contributed by atoms with Crippen molar-refractivity contribution in [1.82, 2.24) is 14.8 Å².